The normalized spacial score (nSPS) is 21.2. The van der Waals surface area contributed by atoms with Crippen molar-refractivity contribution in [2.45, 2.75) is 41.7 Å². The molecular weight excluding hydrogens is 454 g/mol. The molecule has 0 bridgehead atoms. The molecule has 11 heteroatoms. The van der Waals surface area contributed by atoms with Gasteiger partial charge in [0, 0.05) is 30.2 Å². The van der Waals surface area contributed by atoms with Crippen molar-refractivity contribution in [3.05, 3.63) is 54.1 Å². The van der Waals surface area contributed by atoms with E-state index in [1.54, 1.807) is 17.6 Å². The Hall–Kier alpha value is -2.31. The third-order valence-corrected chi connectivity index (χ3v) is 9.03. The topological polar surface area (TPSA) is 149 Å². The van der Waals surface area contributed by atoms with Crippen molar-refractivity contribution < 1.29 is 27.8 Å². The van der Waals surface area contributed by atoms with Gasteiger partial charge in [-0.2, -0.15) is 5.48 Å². The van der Waals surface area contributed by atoms with Gasteiger partial charge in [-0.25, -0.2) is 17.4 Å². The molecule has 0 saturated heterocycles. The van der Waals surface area contributed by atoms with Gasteiger partial charge in [0.05, 0.1) is 15.4 Å². The number of aliphatic hydroxyl groups is 1. The molecule has 32 heavy (non-hydrogen) atoms. The summed E-state index contributed by atoms with van der Waals surface area (Å²) in [5, 5.41) is 23.1. The third-order valence-electron chi connectivity index (χ3n) is 5.77. The van der Waals surface area contributed by atoms with E-state index in [-0.39, 0.29) is 6.42 Å². The molecule has 0 amide bonds. The Kier molecular flexibility index (Phi) is 6.78. The van der Waals surface area contributed by atoms with Crippen molar-refractivity contribution in [3.8, 4) is 11.1 Å². The second kappa shape index (κ2) is 8.91. The van der Waals surface area contributed by atoms with Crippen LogP contribution in [-0.4, -0.2) is 58.2 Å². The van der Waals surface area contributed by atoms with Gasteiger partial charge in [-0.3, -0.25) is 0 Å². The monoisotopic (exact) mass is 481 g/mol. The van der Waals surface area contributed by atoms with Crippen LogP contribution in [0.25, 0.3) is 11.1 Å². The predicted octanol–water partition coefficient (Wildman–Crippen LogP) is 2.37. The Balaban J connectivity index is 1.72. The Labute approximate surface area is 188 Å². The lowest BCUT2D eigenvalue weighted by Gasteiger charge is -2.32. The Morgan fingerprint density at radius 2 is 1.59 bits per heavy atom. The van der Waals surface area contributed by atoms with Crippen molar-refractivity contribution in [2.24, 2.45) is 5.16 Å². The van der Waals surface area contributed by atoms with Crippen LogP contribution in [-0.2, 0) is 24.4 Å². The molecule has 1 aliphatic rings. The van der Waals surface area contributed by atoms with Crippen LogP contribution in [0.2, 0.25) is 0 Å². The minimum absolute atomic E-state index is 0.0609. The summed E-state index contributed by atoms with van der Waals surface area (Å²) in [7, 11) is -6.48. The van der Waals surface area contributed by atoms with Gasteiger partial charge in [-0.05, 0) is 35.7 Å². The zero-order chi connectivity index (χ0) is 23.7. The summed E-state index contributed by atoms with van der Waals surface area (Å²) in [6.07, 6.45) is 0.424. The van der Waals surface area contributed by atoms with Gasteiger partial charge in [0.15, 0.2) is 9.84 Å². The molecule has 1 aliphatic heterocycles. The van der Waals surface area contributed by atoms with E-state index in [2.05, 4.69) is 5.16 Å². The number of oxime groups is 1. The van der Waals surface area contributed by atoms with Gasteiger partial charge in [0.2, 0.25) is 0 Å². The molecule has 0 aromatic heterocycles. The minimum Gasteiger partial charge on any atom is -0.392 e. The fourth-order valence-corrected chi connectivity index (χ4v) is 5.13. The predicted molar refractivity (Wildman–Crippen MR) is 122 cm³/mol. The molecule has 2 unspecified atom stereocenters. The van der Waals surface area contributed by atoms with Crippen LogP contribution in [0.5, 0.6) is 0 Å². The number of hydrogen-bond acceptors (Lipinski definition) is 9. The summed E-state index contributed by atoms with van der Waals surface area (Å²) in [6.45, 7) is 1.34. The number of hydroxylamine groups is 1. The maximum atomic E-state index is 12.2. The van der Waals surface area contributed by atoms with E-state index in [9.17, 15) is 17.7 Å². The largest absolute Gasteiger partial charge is 0.392 e. The number of rotatable bonds is 8. The zero-order valence-electron chi connectivity index (χ0n) is 18.0. The van der Waals surface area contributed by atoms with Crippen LogP contribution in [0.4, 0.5) is 0 Å². The number of aliphatic hydroxyl groups excluding tert-OH is 1. The van der Waals surface area contributed by atoms with Crippen LogP contribution in [0.1, 0.15) is 25.3 Å². The molecule has 0 spiro atoms. The maximum Gasteiger partial charge on any atom is 0.156 e. The molecular formula is C21H27N3O6S2. The number of hydrogen-bond donors (Lipinski definition) is 4. The number of sulfone groups is 1. The summed E-state index contributed by atoms with van der Waals surface area (Å²) >= 11 is 0. The number of nitrogens with zero attached hydrogens (tertiary/aromatic N) is 1. The lowest BCUT2D eigenvalue weighted by molar-refractivity contribution is -0.0355. The highest BCUT2D eigenvalue weighted by atomic mass is 32.2. The Morgan fingerprint density at radius 1 is 1.09 bits per heavy atom. The molecule has 2 aromatic carbocycles. The minimum atomic E-state index is -3.73. The zero-order valence-corrected chi connectivity index (χ0v) is 19.6. The fraction of sp³-hybridized carbons (Fsp3) is 0.381. The standard InChI is InChI=1S/C21H27N3O6S2/c1-21(20(25)23-26,32(3,28)29)13-17-12-19(24-30-17)16-6-4-14(5-7-16)15-8-10-18(11-9-15)31(2,22)27/h4-11,17,20,22-23,25-26H,12-13H2,1-3H3/t17-,20?,21-,31?/m1/s1. The second-order valence-electron chi connectivity index (χ2n) is 8.24. The van der Waals surface area contributed by atoms with E-state index in [0.717, 1.165) is 22.9 Å². The molecule has 4 atom stereocenters. The molecule has 4 N–H and O–H groups in total. The van der Waals surface area contributed by atoms with Crippen molar-refractivity contribution in [2.75, 3.05) is 12.5 Å². The van der Waals surface area contributed by atoms with Crippen molar-refractivity contribution in [1.29, 1.82) is 4.78 Å². The Bertz CT molecular complexity index is 1210. The maximum absolute atomic E-state index is 12.2. The van der Waals surface area contributed by atoms with Gasteiger partial charge in [0.25, 0.3) is 0 Å². The van der Waals surface area contributed by atoms with E-state index in [1.165, 1.54) is 13.2 Å². The van der Waals surface area contributed by atoms with E-state index >= 15 is 0 Å². The molecule has 2 aromatic rings. The second-order valence-corrected chi connectivity index (χ2v) is 12.9. The fourth-order valence-electron chi connectivity index (χ4n) is 3.52. The van der Waals surface area contributed by atoms with E-state index in [0.29, 0.717) is 17.0 Å². The average Bonchev–Trinajstić information content (AvgIpc) is 3.20. The van der Waals surface area contributed by atoms with Gasteiger partial charge < -0.3 is 15.2 Å². The van der Waals surface area contributed by atoms with Crippen LogP contribution in [0, 0.1) is 4.78 Å². The molecule has 0 saturated carbocycles. The molecule has 174 valence electrons. The van der Waals surface area contributed by atoms with E-state index in [1.807, 2.05) is 36.4 Å². The van der Waals surface area contributed by atoms with E-state index < -0.39 is 36.6 Å². The number of nitrogens with one attached hydrogen (secondary N) is 2. The molecule has 0 aliphatic carbocycles. The summed E-state index contributed by atoms with van der Waals surface area (Å²) in [5.41, 5.74) is 4.94. The van der Waals surface area contributed by atoms with Gasteiger partial charge in [-0.15, -0.1) is 0 Å². The van der Waals surface area contributed by atoms with Crippen LogP contribution < -0.4 is 5.48 Å². The van der Waals surface area contributed by atoms with Gasteiger partial charge >= 0.3 is 0 Å². The van der Waals surface area contributed by atoms with Crippen LogP contribution >= 0.6 is 0 Å². The highest BCUT2D eigenvalue weighted by molar-refractivity contribution is 7.92. The summed E-state index contributed by atoms with van der Waals surface area (Å²) < 4.78 is 42.2. The average molecular weight is 482 g/mol. The third kappa shape index (κ3) is 5.02. The number of benzene rings is 2. The molecule has 1 heterocycles. The van der Waals surface area contributed by atoms with Crippen LogP contribution in [0.15, 0.2) is 58.6 Å². The van der Waals surface area contributed by atoms with Crippen LogP contribution in [0.3, 0.4) is 0 Å². The molecule has 0 radical (unpaired) electrons. The smallest absolute Gasteiger partial charge is 0.156 e. The lowest BCUT2D eigenvalue weighted by Crippen LogP contribution is -2.54. The highest BCUT2D eigenvalue weighted by Gasteiger charge is 2.46. The van der Waals surface area contributed by atoms with E-state index in [4.69, 9.17) is 14.8 Å². The SMILES string of the molecule is C[C@@](C[C@H]1CC(c2ccc(-c3ccc(S(C)(=N)=O)cc3)cc2)=NO1)(C(O)NO)S(C)(=O)=O. The lowest BCUT2D eigenvalue weighted by atomic mass is 9.95. The molecule has 3 rings (SSSR count). The Morgan fingerprint density at radius 3 is 2.06 bits per heavy atom. The molecule has 0 fully saturated rings. The van der Waals surface area contributed by atoms with Gasteiger partial charge in [0.1, 0.15) is 17.1 Å². The first kappa shape index (κ1) is 24.3. The summed E-state index contributed by atoms with van der Waals surface area (Å²) in [5.74, 6) is 0. The van der Waals surface area contributed by atoms with Gasteiger partial charge in [-0.1, -0.05) is 41.6 Å². The van der Waals surface area contributed by atoms with Crippen molar-refractivity contribution >= 4 is 25.3 Å². The van der Waals surface area contributed by atoms with Crippen molar-refractivity contribution in [3.63, 3.8) is 0 Å². The van der Waals surface area contributed by atoms with Crippen molar-refractivity contribution in [1.82, 2.24) is 5.48 Å². The highest BCUT2D eigenvalue weighted by Crippen LogP contribution is 2.31. The first-order chi connectivity index (χ1) is 14.8. The first-order valence-electron chi connectivity index (χ1n) is 9.80. The summed E-state index contributed by atoms with van der Waals surface area (Å²) in [6, 6.07) is 14.6. The quantitative estimate of drug-likeness (QED) is 0.334. The first-order valence-corrected chi connectivity index (χ1v) is 13.7. The molecule has 9 nitrogen and oxygen atoms in total. The summed E-state index contributed by atoms with van der Waals surface area (Å²) in [4.78, 5) is 5.90.